The molecule has 0 saturated heterocycles. The summed E-state index contributed by atoms with van der Waals surface area (Å²) < 4.78 is 21.1. The SMILES string of the molecule is [CH2]S(=O)(=O)Cc1nccs1. The molecule has 0 aromatic carbocycles. The van der Waals surface area contributed by atoms with E-state index < -0.39 is 9.84 Å². The average molecular weight is 176 g/mol. The maximum absolute atomic E-state index is 10.6. The van der Waals surface area contributed by atoms with Crippen molar-refractivity contribution in [2.75, 3.05) is 0 Å². The summed E-state index contributed by atoms with van der Waals surface area (Å²) in [6.07, 6.45) is 4.56. The molecule has 1 aromatic rings. The van der Waals surface area contributed by atoms with E-state index in [-0.39, 0.29) is 5.75 Å². The lowest BCUT2D eigenvalue weighted by Gasteiger charge is -1.89. The first-order valence-corrected chi connectivity index (χ1v) is 5.22. The van der Waals surface area contributed by atoms with Gasteiger partial charge in [-0.2, -0.15) is 0 Å². The highest BCUT2D eigenvalue weighted by Crippen LogP contribution is 2.07. The van der Waals surface area contributed by atoms with Crippen LogP contribution in [0.3, 0.4) is 0 Å². The Hall–Kier alpha value is -0.420. The average Bonchev–Trinajstić information content (AvgIpc) is 2.12. The fraction of sp³-hybridized carbons (Fsp3) is 0.200. The fourth-order valence-corrected chi connectivity index (χ4v) is 2.17. The van der Waals surface area contributed by atoms with Gasteiger partial charge in [0.2, 0.25) is 0 Å². The van der Waals surface area contributed by atoms with Crippen LogP contribution in [0.25, 0.3) is 0 Å². The van der Waals surface area contributed by atoms with Crippen LogP contribution in [0.5, 0.6) is 0 Å². The molecule has 1 radical (unpaired) electrons. The van der Waals surface area contributed by atoms with E-state index in [1.54, 1.807) is 11.6 Å². The van der Waals surface area contributed by atoms with Gasteiger partial charge in [-0.1, -0.05) is 0 Å². The van der Waals surface area contributed by atoms with Crippen molar-refractivity contribution in [1.29, 1.82) is 0 Å². The number of hydrogen-bond acceptors (Lipinski definition) is 4. The van der Waals surface area contributed by atoms with E-state index in [2.05, 4.69) is 11.2 Å². The Bertz CT molecular complexity index is 287. The van der Waals surface area contributed by atoms with Crippen molar-refractivity contribution in [2.24, 2.45) is 0 Å². The molecule has 10 heavy (non-hydrogen) atoms. The standard InChI is InChI=1S/C5H6NO2S2/c1-10(7,8)4-5-6-2-3-9-5/h2-3H,1,4H2. The molecule has 0 aliphatic rings. The van der Waals surface area contributed by atoms with Gasteiger partial charge < -0.3 is 0 Å². The second-order valence-electron chi connectivity index (χ2n) is 1.81. The summed E-state index contributed by atoms with van der Waals surface area (Å²) in [5.41, 5.74) is 0. The second kappa shape index (κ2) is 2.67. The van der Waals surface area contributed by atoms with Crippen molar-refractivity contribution in [3.63, 3.8) is 0 Å². The molecule has 5 heteroatoms. The summed E-state index contributed by atoms with van der Waals surface area (Å²) in [4.78, 5) is 3.80. The third-order valence-electron chi connectivity index (χ3n) is 0.827. The Morgan fingerprint density at radius 3 is 2.80 bits per heavy atom. The van der Waals surface area contributed by atoms with E-state index in [4.69, 9.17) is 0 Å². The Balaban J connectivity index is 2.75. The van der Waals surface area contributed by atoms with E-state index >= 15 is 0 Å². The second-order valence-corrected chi connectivity index (χ2v) is 4.57. The van der Waals surface area contributed by atoms with Crippen molar-refractivity contribution in [1.82, 2.24) is 4.98 Å². The lowest BCUT2D eigenvalue weighted by molar-refractivity contribution is 0.603. The van der Waals surface area contributed by atoms with Gasteiger partial charge in [-0.05, 0) is 0 Å². The molecule has 0 amide bonds. The van der Waals surface area contributed by atoms with Gasteiger partial charge in [-0.3, -0.25) is 0 Å². The quantitative estimate of drug-likeness (QED) is 0.671. The largest absolute Gasteiger partial charge is 0.249 e. The first kappa shape index (κ1) is 7.68. The highest BCUT2D eigenvalue weighted by atomic mass is 32.2. The lowest BCUT2D eigenvalue weighted by Crippen LogP contribution is -1.96. The zero-order valence-electron chi connectivity index (χ0n) is 5.15. The minimum atomic E-state index is -3.15. The molecule has 0 atom stereocenters. The Kier molecular flexibility index (Phi) is 2.05. The van der Waals surface area contributed by atoms with Crippen LogP contribution in [0, 0.1) is 6.26 Å². The van der Waals surface area contributed by atoms with Crippen molar-refractivity contribution < 1.29 is 8.42 Å². The van der Waals surface area contributed by atoms with Crippen molar-refractivity contribution in [3.05, 3.63) is 22.8 Å². The Morgan fingerprint density at radius 2 is 2.40 bits per heavy atom. The Morgan fingerprint density at radius 1 is 1.70 bits per heavy atom. The summed E-state index contributed by atoms with van der Waals surface area (Å²) in [7, 11) is -3.15. The smallest absolute Gasteiger partial charge is 0.157 e. The number of sulfone groups is 1. The minimum Gasteiger partial charge on any atom is -0.249 e. The zero-order valence-corrected chi connectivity index (χ0v) is 6.78. The molecular weight excluding hydrogens is 170 g/mol. The summed E-state index contributed by atoms with van der Waals surface area (Å²) in [6.45, 7) is 0. The molecule has 0 aliphatic carbocycles. The van der Waals surface area contributed by atoms with E-state index in [0.29, 0.717) is 5.01 Å². The molecular formula is C5H6NO2S2. The number of hydrogen-bond donors (Lipinski definition) is 0. The minimum absolute atomic E-state index is 0.0509. The van der Waals surface area contributed by atoms with Crippen LogP contribution in [0.4, 0.5) is 0 Å². The van der Waals surface area contributed by atoms with Gasteiger partial charge >= 0.3 is 0 Å². The zero-order chi connectivity index (χ0) is 7.61. The van der Waals surface area contributed by atoms with Crippen LogP contribution >= 0.6 is 11.3 Å². The van der Waals surface area contributed by atoms with Crippen LogP contribution in [-0.4, -0.2) is 13.4 Å². The van der Waals surface area contributed by atoms with Crippen LogP contribution in [-0.2, 0) is 15.6 Å². The molecule has 3 nitrogen and oxygen atoms in total. The lowest BCUT2D eigenvalue weighted by atomic mass is 10.8. The normalized spacial score (nSPS) is 11.7. The Labute approximate surface area is 63.6 Å². The van der Waals surface area contributed by atoms with E-state index in [0.717, 1.165) is 0 Å². The number of nitrogens with zero attached hydrogens (tertiary/aromatic N) is 1. The van der Waals surface area contributed by atoms with Crippen LogP contribution < -0.4 is 0 Å². The molecule has 0 bridgehead atoms. The van der Waals surface area contributed by atoms with Gasteiger partial charge in [0.25, 0.3) is 0 Å². The molecule has 0 fully saturated rings. The molecule has 0 saturated carbocycles. The molecule has 1 heterocycles. The number of rotatable bonds is 2. The van der Waals surface area contributed by atoms with Crippen LogP contribution in [0.15, 0.2) is 11.6 Å². The molecule has 1 rings (SSSR count). The van der Waals surface area contributed by atoms with Crippen molar-refractivity contribution in [2.45, 2.75) is 5.75 Å². The van der Waals surface area contributed by atoms with Crippen LogP contribution in [0.1, 0.15) is 5.01 Å². The highest BCUT2D eigenvalue weighted by molar-refractivity contribution is 7.91. The van der Waals surface area contributed by atoms with Crippen molar-refractivity contribution >= 4 is 21.2 Å². The summed E-state index contributed by atoms with van der Waals surface area (Å²) in [5.74, 6) is -0.0509. The third-order valence-corrected chi connectivity index (χ3v) is 2.50. The number of aromatic nitrogens is 1. The van der Waals surface area contributed by atoms with E-state index in [1.165, 1.54) is 11.3 Å². The molecule has 0 spiro atoms. The molecule has 1 aromatic heterocycles. The molecule has 55 valence electrons. The van der Waals surface area contributed by atoms with Gasteiger partial charge in [0.1, 0.15) is 10.8 Å². The van der Waals surface area contributed by atoms with E-state index in [9.17, 15) is 8.42 Å². The predicted molar refractivity (Wildman–Crippen MR) is 40.1 cm³/mol. The topological polar surface area (TPSA) is 47.0 Å². The maximum atomic E-state index is 10.6. The highest BCUT2D eigenvalue weighted by Gasteiger charge is 2.05. The molecule has 0 N–H and O–H groups in total. The predicted octanol–water partition coefficient (Wildman–Crippen LogP) is 0.849. The van der Waals surface area contributed by atoms with Gasteiger partial charge in [0.05, 0.1) is 6.26 Å². The first-order chi connectivity index (χ1) is 4.58. The monoisotopic (exact) mass is 176 g/mol. The van der Waals surface area contributed by atoms with Gasteiger partial charge in [0.15, 0.2) is 9.84 Å². The summed E-state index contributed by atoms with van der Waals surface area (Å²) in [5, 5.41) is 2.33. The summed E-state index contributed by atoms with van der Waals surface area (Å²) >= 11 is 1.32. The van der Waals surface area contributed by atoms with Gasteiger partial charge in [-0.15, -0.1) is 11.3 Å². The van der Waals surface area contributed by atoms with Gasteiger partial charge in [0, 0.05) is 11.6 Å². The summed E-state index contributed by atoms with van der Waals surface area (Å²) in [6, 6.07) is 0. The fourth-order valence-electron chi connectivity index (χ4n) is 0.512. The van der Waals surface area contributed by atoms with E-state index in [1.807, 2.05) is 0 Å². The van der Waals surface area contributed by atoms with Gasteiger partial charge in [-0.25, -0.2) is 13.4 Å². The van der Waals surface area contributed by atoms with Crippen molar-refractivity contribution in [3.8, 4) is 0 Å². The molecule has 0 aliphatic heterocycles. The third kappa shape index (κ3) is 2.45. The first-order valence-electron chi connectivity index (χ1n) is 2.52. The number of thiazole rings is 1. The maximum Gasteiger partial charge on any atom is 0.157 e. The molecule has 0 unspecified atom stereocenters. The van der Waals surface area contributed by atoms with Crippen LogP contribution in [0.2, 0.25) is 0 Å².